The predicted octanol–water partition coefficient (Wildman–Crippen LogP) is 2.92. The van der Waals surface area contributed by atoms with Crippen LogP contribution in [0.2, 0.25) is 0 Å². The van der Waals surface area contributed by atoms with Crippen LogP contribution in [-0.4, -0.2) is 35.0 Å². The monoisotopic (exact) mass is 293 g/mol. The van der Waals surface area contributed by atoms with Crippen LogP contribution in [-0.2, 0) is 0 Å². The van der Waals surface area contributed by atoms with Crippen molar-refractivity contribution in [2.45, 2.75) is 37.9 Å². The second-order valence-corrected chi connectivity index (χ2v) is 6.46. The highest BCUT2D eigenvalue weighted by Gasteiger charge is 2.15. The summed E-state index contributed by atoms with van der Waals surface area (Å²) in [6.45, 7) is 3.77. The number of hydrogen-bond acceptors (Lipinski definition) is 4. The van der Waals surface area contributed by atoms with E-state index in [4.69, 9.17) is 0 Å². The van der Waals surface area contributed by atoms with E-state index < -0.39 is 0 Å². The van der Waals surface area contributed by atoms with Crippen molar-refractivity contribution >= 4 is 23.4 Å². The zero-order valence-electron chi connectivity index (χ0n) is 12.0. The lowest BCUT2D eigenvalue weighted by Crippen LogP contribution is -2.32. The smallest absolute Gasteiger partial charge is 0.269 e. The van der Waals surface area contributed by atoms with Crippen LogP contribution in [0, 0.1) is 0 Å². The van der Waals surface area contributed by atoms with Crippen LogP contribution in [0.1, 0.15) is 43.1 Å². The number of carbonyl (C=O) groups is 1. The summed E-state index contributed by atoms with van der Waals surface area (Å²) in [5, 5.41) is 6.84. The molecule has 2 rings (SSSR count). The van der Waals surface area contributed by atoms with Gasteiger partial charge in [-0.3, -0.25) is 9.78 Å². The van der Waals surface area contributed by atoms with Crippen LogP contribution in [0.25, 0.3) is 0 Å². The first kappa shape index (κ1) is 15.2. The van der Waals surface area contributed by atoms with E-state index in [1.54, 1.807) is 6.20 Å². The number of nitrogens with zero attached hydrogens (tertiary/aromatic N) is 1. The molecule has 1 aliphatic rings. The minimum atomic E-state index is -0.0729. The van der Waals surface area contributed by atoms with E-state index in [0.717, 1.165) is 25.2 Å². The molecule has 0 spiro atoms. The van der Waals surface area contributed by atoms with Gasteiger partial charge in [-0.25, -0.2) is 0 Å². The van der Waals surface area contributed by atoms with Gasteiger partial charge in [-0.1, -0.05) is 13.3 Å². The van der Waals surface area contributed by atoms with Crippen molar-refractivity contribution in [1.82, 2.24) is 10.3 Å². The number of thioether (sulfide) groups is 1. The number of aromatic nitrogens is 1. The summed E-state index contributed by atoms with van der Waals surface area (Å²) in [6, 6.07) is 3.71. The lowest BCUT2D eigenvalue weighted by Gasteiger charge is -2.21. The number of rotatable bonds is 6. The Labute approximate surface area is 125 Å². The molecule has 1 unspecified atom stereocenters. The molecule has 110 valence electrons. The molecule has 2 N–H and O–H groups in total. The fourth-order valence-corrected chi connectivity index (χ4v) is 3.44. The van der Waals surface area contributed by atoms with E-state index in [-0.39, 0.29) is 5.91 Å². The van der Waals surface area contributed by atoms with Gasteiger partial charge in [0.2, 0.25) is 0 Å². The molecule has 1 aromatic rings. The molecule has 1 atom stereocenters. The van der Waals surface area contributed by atoms with Crippen molar-refractivity contribution in [1.29, 1.82) is 0 Å². The van der Waals surface area contributed by atoms with E-state index in [0.29, 0.717) is 10.9 Å². The lowest BCUT2D eigenvalue weighted by molar-refractivity contribution is 0.0948. The molecule has 1 amide bonds. The first-order valence-electron chi connectivity index (χ1n) is 7.39. The normalized spacial score (nSPS) is 18.6. The van der Waals surface area contributed by atoms with E-state index in [9.17, 15) is 4.79 Å². The van der Waals surface area contributed by atoms with Crippen molar-refractivity contribution in [2.75, 3.05) is 24.2 Å². The van der Waals surface area contributed by atoms with E-state index in [1.807, 2.05) is 23.9 Å². The Morgan fingerprint density at radius 3 is 3.15 bits per heavy atom. The van der Waals surface area contributed by atoms with Gasteiger partial charge in [0.15, 0.2) is 0 Å². The van der Waals surface area contributed by atoms with Gasteiger partial charge in [0.05, 0.1) is 0 Å². The highest BCUT2D eigenvalue weighted by atomic mass is 32.2. The number of carbonyl (C=O) groups excluding carboxylic acids is 1. The fourth-order valence-electron chi connectivity index (χ4n) is 2.20. The number of hydrogen-bond donors (Lipinski definition) is 2. The largest absolute Gasteiger partial charge is 0.385 e. The first-order valence-corrected chi connectivity index (χ1v) is 8.44. The van der Waals surface area contributed by atoms with Gasteiger partial charge < -0.3 is 10.6 Å². The average molecular weight is 293 g/mol. The van der Waals surface area contributed by atoms with Gasteiger partial charge in [0.1, 0.15) is 5.69 Å². The molecule has 0 aromatic carbocycles. The van der Waals surface area contributed by atoms with Crippen LogP contribution in [0.3, 0.4) is 0 Å². The zero-order valence-corrected chi connectivity index (χ0v) is 12.8. The Kier molecular flexibility index (Phi) is 6.18. The van der Waals surface area contributed by atoms with Gasteiger partial charge in [-0.2, -0.15) is 11.8 Å². The Morgan fingerprint density at radius 1 is 1.50 bits per heavy atom. The fraction of sp³-hybridized carbons (Fsp3) is 0.600. The van der Waals surface area contributed by atoms with E-state index in [1.165, 1.54) is 25.0 Å². The van der Waals surface area contributed by atoms with Gasteiger partial charge in [-0.15, -0.1) is 0 Å². The minimum Gasteiger partial charge on any atom is -0.385 e. The Balaban J connectivity index is 1.84. The Hall–Kier alpha value is -1.23. The molecule has 1 aliphatic heterocycles. The van der Waals surface area contributed by atoms with Crippen molar-refractivity contribution in [3.05, 3.63) is 24.0 Å². The lowest BCUT2D eigenvalue weighted by atomic mass is 10.2. The molecule has 1 aromatic heterocycles. The standard InChI is InChI=1S/C15H23N3OS/c1-2-7-16-12-6-8-17-14(10-12)15(19)18-11-13-5-3-4-9-20-13/h6,8,10,13H,2-5,7,9,11H2,1H3,(H,16,17)(H,18,19). The molecule has 2 heterocycles. The number of anilines is 1. The number of pyridine rings is 1. The second kappa shape index (κ2) is 8.15. The van der Waals surface area contributed by atoms with Gasteiger partial charge in [0.25, 0.3) is 5.91 Å². The van der Waals surface area contributed by atoms with E-state index in [2.05, 4.69) is 22.5 Å². The van der Waals surface area contributed by atoms with Gasteiger partial charge >= 0.3 is 0 Å². The molecule has 0 bridgehead atoms. The maximum atomic E-state index is 12.1. The Bertz CT molecular complexity index is 433. The van der Waals surface area contributed by atoms with Gasteiger partial charge in [-0.05, 0) is 37.1 Å². The van der Waals surface area contributed by atoms with Crippen LogP contribution in [0.4, 0.5) is 5.69 Å². The molecule has 1 fully saturated rings. The molecule has 0 radical (unpaired) electrons. The summed E-state index contributed by atoms with van der Waals surface area (Å²) in [7, 11) is 0. The average Bonchev–Trinajstić information content (AvgIpc) is 2.52. The van der Waals surface area contributed by atoms with Crippen LogP contribution >= 0.6 is 11.8 Å². The molecule has 0 saturated carbocycles. The molecule has 5 heteroatoms. The van der Waals surface area contributed by atoms with Crippen molar-refractivity contribution in [3.63, 3.8) is 0 Å². The van der Waals surface area contributed by atoms with Crippen molar-refractivity contribution in [2.24, 2.45) is 0 Å². The summed E-state index contributed by atoms with van der Waals surface area (Å²) >= 11 is 1.97. The van der Waals surface area contributed by atoms with Crippen molar-refractivity contribution in [3.8, 4) is 0 Å². The first-order chi connectivity index (χ1) is 9.79. The van der Waals surface area contributed by atoms with Crippen LogP contribution in [0.5, 0.6) is 0 Å². The van der Waals surface area contributed by atoms with Crippen LogP contribution in [0.15, 0.2) is 18.3 Å². The third kappa shape index (κ3) is 4.71. The molecule has 20 heavy (non-hydrogen) atoms. The number of nitrogens with one attached hydrogen (secondary N) is 2. The highest BCUT2D eigenvalue weighted by Crippen LogP contribution is 2.24. The van der Waals surface area contributed by atoms with Gasteiger partial charge in [0, 0.05) is 30.2 Å². The summed E-state index contributed by atoms with van der Waals surface area (Å²) in [5.74, 6) is 1.14. The molecule has 0 aliphatic carbocycles. The van der Waals surface area contributed by atoms with Crippen LogP contribution < -0.4 is 10.6 Å². The molecule has 1 saturated heterocycles. The molecular formula is C15H23N3OS. The summed E-state index contributed by atoms with van der Waals surface area (Å²) < 4.78 is 0. The zero-order chi connectivity index (χ0) is 14.2. The SMILES string of the molecule is CCCNc1ccnc(C(=O)NCC2CCCCS2)c1. The highest BCUT2D eigenvalue weighted by molar-refractivity contribution is 7.99. The Morgan fingerprint density at radius 2 is 2.40 bits per heavy atom. The third-order valence-corrected chi connectivity index (χ3v) is 4.73. The molecular weight excluding hydrogens is 270 g/mol. The minimum absolute atomic E-state index is 0.0729. The quantitative estimate of drug-likeness (QED) is 0.847. The number of amides is 1. The van der Waals surface area contributed by atoms with Crippen molar-refractivity contribution < 1.29 is 4.79 Å². The second-order valence-electron chi connectivity index (χ2n) is 5.06. The van der Waals surface area contributed by atoms with E-state index >= 15 is 0 Å². The molecule has 4 nitrogen and oxygen atoms in total. The topological polar surface area (TPSA) is 54.0 Å². The summed E-state index contributed by atoms with van der Waals surface area (Å²) in [5.41, 5.74) is 1.45. The summed E-state index contributed by atoms with van der Waals surface area (Å²) in [4.78, 5) is 16.3. The third-order valence-electron chi connectivity index (χ3n) is 3.34. The maximum absolute atomic E-state index is 12.1. The predicted molar refractivity (Wildman–Crippen MR) is 85.4 cm³/mol. The summed E-state index contributed by atoms with van der Waals surface area (Å²) in [6.07, 6.45) is 6.53. The maximum Gasteiger partial charge on any atom is 0.269 e.